The maximum atomic E-state index is 12.2. The molecule has 0 radical (unpaired) electrons. The van der Waals surface area contributed by atoms with E-state index in [2.05, 4.69) is 16.7 Å². The van der Waals surface area contributed by atoms with E-state index in [1.165, 1.54) is 12.5 Å². The highest BCUT2D eigenvalue weighted by molar-refractivity contribution is 6.39. The molecule has 0 bridgehead atoms. The molecule has 2 aromatic rings. The fourth-order valence-electron chi connectivity index (χ4n) is 3.10. The first kappa shape index (κ1) is 16.9. The molecular weight excluding hydrogens is 316 g/mol. The van der Waals surface area contributed by atoms with Crippen LogP contribution in [0.1, 0.15) is 47.3 Å². The third-order valence-electron chi connectivity index (χ3n) is 4.43. The molecule has 5 nitrogen and oxygen atoms in total. The van der Waals surface area contributed by atoms with Crippen molar-refractivity contribution in [2.45, 2.75) is 32.2 Å². The van der Waals surface area contributed by atoms with Crippen LogP contribution in [-0.4, -0.2) is 17.6 Å². The van der Waals surface area contributed by atoms with Crippen molar-refractivity contribution in [1.82, 2.24) is 5.32 Å². The van der Waals surface area contributed by atoms with Crippen molar-refractivity contribution in [3.05, 3.63) is 65.2 Å². The van der Waals surface area contributed by atoms with E-state index in [1.807, 2.05) is 18.2 Å². The van der Waals surface area contributed by atoms with Crippen molar-refractivity contribution in [2.24, 2.45) is 0 Å². The average Bonchev–Trinajstić information content (AvgIpc) is 2.62. The molecule has 0 spiro atoms. The Morgan fingerprint density at radius 3 is 2.40 bits per heavy atom. The molecule has 3 rings (SSSR count). The van der Waals surface area contributed by atoms with E-state index in [0.717, 1.165) is 24.8 Å². The Bertz CT molecular complexity index is 812. The largest absolute Gasteiger partial charge is 0.341 e. The van der Waals surface area contributed by atoms with Crippen LogP contribution in [0.15, 0.2) is 48.5 Å². The van der Waals surface area contributed by atoms with E-state index < -0.39 is 11.8 Å². The molecule has 128 valence electrons. The summed E-state index contributed by atoms with van der Waals surface area (Å²) >= 11 is 0. The minimum atomic E-state index is -0.710. The summed E-state index contributed by atoms with van der Waals surface area (Å²) < 4.78 is 0. The van der Waals surface area contributed by atoms with Crippen molar-refractivity contribution >= 4 is 23.3 Å². The van der Waals surface area contributed by atoms with E-state index >= 15 is 0 Å². The monoisotopic (exact) mass is 336 g/mol. The van der Waals surface area contributed by atoms with Crippen LogP contribution in [0.2, 0.25) is 0 Å². The highest BCUT2D eigenvalue weighted by atomic mass is 16.2. The number of carbonyl (C=O) groups is 3. The number of hydrogen-bond donors (Lipinski definition) is 2. The van der Waals surface area contributed by atoms with Crippen LogP contribution in [-0.2, 0) is 16.0 Å². The molecule has 0 aromatic heterocycles. The zero-order valence-electron chi connectivity index (χ0n) is 14.0. The predicted molar refractivity (Wildman–Crippen MR) is 95.3 cm³/mol. The molecule has 0 heterocycles. The van der Waals surface area contributed by atoms with Crippen LogP contribution in [0.3, 0.4) is 0 Å². The van der Waals surface area contributed by atoms with Gasteiger partial charge in [0.15, 0.2) is 5.78 Å². The summed E-state index contributed by atoms with van der Waals surface area (Å²) in [6.07, 6.45) is 2.80. The third-order valence-corrected chi connectivity index (χ3v) is 4.43. The number of benzene rings is 2. The fourth-order valence-corrected chi connectivity index (χ4v) is 3.10. The molecule has 0 saturated carbocycles. The second kappa shape index (κ2) is 7.30. The number of anilines is 1. The summed E-state index contributed by atoms with van der Waals surface area (Å²) in [4.78, 5) is 35.6. The first-order valence-electron chi connectivity index (χ1n) is 8.35. The van der Waals surface area contributed by atoms with Gasteiger partial charge in [0.1, 0.15) is 0 Å². The molecule has 1 aliphatic rings. The zero-order valence-corrected chi connectivity index (χ0v) is 14.0. The maximum absolute atomic E-state index is 12.2. The lowest BCUT2D eigenvalue weighted by Gasteiger charge is -2.26. The number of amides is 2. The number of rotatable bonds is 3. The van der Waals surface area contributed by atoms with E-state index in [0.29, 0.717) is 11.3 Å². The van der Waals surface area contributed by atoms with Crippen LogP contribution in [0, 0.1) is 0 Å². The molecule has 2 N–H and O–H groups in total. The highest BCUT2D eigenvalue weighted by Crippen LogP contribution is 2.29. The zero-order chi connectivity index (χ0) is 17.8. The molecule has 1 atom stereocenters. The number of hydrogen-bond acceptors (Lipinski definition) is 3. The van der Waals surface area contributed by atoms with Gasteiger partial charge in [-0.3, -0.25) is 14.4 Å². The topological polar surface area (TPSA) is 75.3 Å². The second-order valence-corrected chi connectivity index (χ2v) is 6.20. The van der Waals surface area contributed by atoms with Crippen molar-refractivity contribution < 1.29 is 14.4 Å². The van der Waals surface area contributed by atoms with E-state index in [-0.39, 0.29) is 11.8 Å². The normalized spacial score (nSPS) is 15.8. The lowest BCUT2D eigenvalue weighted by Crippen LogP contribution is -2.38. The van der Waals surface area contributed by atoms with Crippen LogP contribution in [0.25, 0.3) is 0 Å². The van der Waals surface area contributed by atoms with Crippen LogP contribution in [0.5, 0.6) is 0 Å². The Morgan fingerprint density at radius 1 is 0.960 bits per heavy atom. The number of ketones is 1. The second-order valence-electron chi connectivity index (χ2n) is 6.20. The van der Waals surface area contributed by atoms with Gasteiger partial charge in [-0.1, -0.05) is 24.3 Å². The van der Waals surface area contributed by atoms with E-state index in [9.17, 15) is 14.4 Å². The number of fused-ring (bicyclic) bond motifs is 1. The summed E-state index contributed by atoms with van der Waals surface area (Å²) in [5.41, 5.74) is 3.34. The van der Waals surface area contributed by atoms with Crippen LogP contribution < -0.4 is 10.6 Å². The van der Waals surface area contributed by atoms with Gasteiger partial charge in [0, 0.05) is 11.3 Å². The number of aryl methyl sites for hydroxylation is 1. The summed E-state index contributed by atoms with van der Waals surface area (Å²) in [5, 5.41) is 5.38. The van der Waals surface area contributed by atoms with Gasteiger partial charge in [0.05, 0.1) is 6.04 Å². The molecular formula is C20H20N2O3. The predicted octanol–water partition coefficient (Wildman–Crippen LogP) is 3.02. The van der Waals surface area contributed by atoms with Gasteiger partial charge in [0.2, 0.25) is 0 Å². The van der Waals surface area contributed by atoms with Gasteiger partial charge in [0.25, 0.3) is 0 Å². The highest BCUT2D eigenvalue weighted by Gasteiger charge is 2.24. The molecule has 25 heavy (non-hydrogen) atoms. The summed E-state index contributed by atoms with van der Waals surface area (Å²) in [6.45, 7) is 1.48. The quantitative estimate of drug-likeness (QED) is 0.668. The Balaban J connectivity index is 1.64. The summed E-state index contributed by atoms with van der Waals surface area (Å²) in [5.74, 6) is -1.41. The Morgan fingerprint density at radius 2 is 1.68 bits per heavy atom. The van der Waals surface area contributed by atoms with Gasteiger partial charge >= 0.3 is 11.8 Å². The molecule has 0 fully saturated rings. The molecule has 1 unspecified atom stereocenters. The molecule has 5 heteroatoms. The van der Waals surface area contributed by atoms with Gasteiger partial charge in [-0.05, 0) is 61.6 Å². The molecule has 0 saturated heterocycles. The number of nitrogens with one attached hydrogen (secondary N) is 2. The van der Waals surface area contributed by atoms with Gasteiger partial charge in [-0.2, -0.15) is 0 Å². The molecule has 2 amide bonds. The Hall–Kier alpha value is -2.95. The van der Waals surface area contributed by atoms with E-state index in [4.69, 9.17) is 0 Å². The number of Topliss-reactive ketones (excluding diaryl/α,β-unsaturated/α-hetero) is 1. The first-order chi connectivity index (χ1) is 12.0. The van der Waals surface area contributed by atoms with Crippen LogP contribution >= 0.6 is 0 Å². The van der Waals surface area contributed by atoms with Crippen molar-refractivity contribution in [2.75, 3.05) is 5.32 Å². The minimum Gasteiger partial charge on any atom is -0.341 e. The van der Waals surface area contributed by atoms with Crippen molar-refractivity contribution in [3.63, 3.8) is 0 Å². The van der Waals surface area contributed by atoms with Gasteiger partial charge in [-0.25, -0.2) is 0 Å². The Kier molecular flexibility index (Phi) is 4.93. The van der Waals surface area contributed by atoms with Crippen molar-refractivity contribution in [1.29, 1.82) is 0 Å². The molecule has 2 aromatic carbocycles. The Labute approximate surface area is 146 Å². The minimum absolute atomic E-state index is 0.0495. The van der Waals surface area contributed by atoms with Crippen LogP contribution in [0.4, 0.5) is 5.69 Å². The maximum Gasteiger partial charge on any atom is 0.313 e. The smallest absolute Gasteiger partial charge is 0.313 e. The SMILES string of the molecule is CC(=O)c1ccc(NC(=O)C(=O)NC2CCCc3ccccc32)cc1. The summed E-state index contributed by atoms with van der Waals surface area (Å²) in [6, 6.07) is 14.3. The standard InChI is InChI=1S/C20H20N2O3/c1-13(23)14-9-11-16(12-10-14)21-19(24)20(25)22-18-8-4-6-15-5-2-3-7-17(15)18/h2-3,5,7,9-12,18H,4,6,8H2,1H3,(H,21,24)(H,22,25). The van der Waals surface area contributed by atoms with Gasteiger partial charge in [-0.15, -0.1) is 0 Å². The van der Waals surface area contributed by atoms with Crippen molar-refractivity contribution in [3.8, 4) is 0 Å². The lowest BCUT2D eigenvalue weighted by atomic mass is 9.88. The third kappa shape index (κ3) is 3.94. The summed E-state index contributed by atoms with van der Waals surface area (Å²) in [7, 11) is 0. The fraction of sp³-hybridized carbons (Fsp3) is 0.250. The first-order valence-corrected chi connectivity index (χ1v) is 8.35. The number of carbonyl (C=O) groups excluding carboxylic acids is 3. The average molecular weight is 336 g/mol. The van der Waals surface area contributed by atoms with Gasteiger partial charge < -0.3 is 10.6 Å². The lowest BCUT2D eigenvalue weighted by molar-refractivity contribution is -0.136. The molecule has 1 aliphatic carbocycles. The molecule has 0 aliphatic heterocycles. The van der Waals surface area contributed by atoms with E-state index in [1.54, 1.807) is 24.3 Å².